The highest BCUT2D eigenvalue weighted by atomic mass is 16.6. The number of ether oxygens (including phenoxy) is 4. The Morgan fingerprint density at radius 2 is 1.20 bits per heavy atom. The topological polar surface area (TPSA) is 158 Å². The van der Waals surface area contributed by atoms with Crippen LogP contribution >= 0.6 is 0 Å². The molecule has 12 heteroatoms. The molecule has 3 N–H and O–H groups in total. The van der Waals surface area contributed by atoms with Crippen molar-refractivity contribution in [3.8, 4) is 0 Å². The molecule has 0 bridgehead atoms. The fraction of sp³-hybridized carbons (Fsp3) is 0.656. The molecule has 12 nitrogen and oxygen atoms in total. The summed E-state index contributed by atoms with van der Waals surface area (Å²) in [4.78, 5) is 62.7. The van der Waals surface area contributed by atoms with Crippen LogP contribution in [-0.2, 0) is 39.9 Å². The van der Waals surface area contributed by atoms with Gasteiger partial charge in [-0.1, -0.05) is 30.3 Å². The van der Waals surface area contributed by atoms with Crippen molar-refractivity contribution in [2.75, 3.05) is 6.54 Å². The van der Waals surface area contributed by atoms with Crippen LogP contribution in [0.1, 0.15) is 100.0 Å². The first kappa shape index (κ1) is 38.2. The predicted octanol–water partition coefficient (Wildman–Crippen LogP) is 4.92. The Balaban J connectivity index is 2.65. The highest BCUT2D eigenvalue weighted by molar-refractivity contribution is 5.84. The molecule has 248 valence electrons. The van der Waals surface area contributed by atoms with E-state index in [2.05, 4.69) is 16.0 Å². The highest BCUT2D eigenvalue weighted by Gasteiger charge is 2.29. The third-order valence-electron chi connectivity index (χ3n) is 5.46. The Bertz CT molecular complexity index is 1090. The minimum atomic E-state index is -1.07. The molecule has 1 aromatic carbocycles. The number of hydrogen-bond donors (Lipinski definition) is 3. The first-order chi connectivity index (χ1) is 20.2. The lowest BCUT2D eigenvalue weighted by Gasteiger charge is -2.25. The number of amides is 3. The fourth-order valence-corrected chi connectivity index (χ4v) is 3.69. The number of benzene rings is 1. The molecule has 3 amide bonds. The number of alkyl carbamates (subject to hydrolysis) is 1. The number of esters is 3. The monoisotopic (exact) mass is 621 g/mol. The van der Waals surface area contributed by atoms with Gasteiger partial charge in [-0.25, -0.2) is 19.2 Å². The van der Waals surface area contributed by atoms with Gasteiger partial charge in [-0.15, -0.1) is 0 Å². The van der Waals surface area contributed by atoms with Gasteiger partial charge in [0.25, 0.3) is 0 Å². The van der Waals surface area contributed by atoms with E-state index in [-0.39, 0.29) is 32.4 Å². The molecule has 0 saturated carbocycles. The quantitative estimate of drug-likeness (QED) is 0.149. The van der Waals surface area contributed by atoms with Crippen LogP contribution < -0.4 is 16.0 Å². The van der Waals surface area contributed by atoms with Gasteiger partial charge in [-0.05, 0) is 93.6 Å². The number of rotatable bonds is 14. The second kappa shape index (κ2) is 17.5. The Labute approximate surface area is 261 Å². The molecular weight excluding hydrogens is 570 g/mol. The van der Waals surface area contributed by atoms with E-state index in [1.807, 2.05) is 30.3 Å². The Kier molecular flexibility index (Phi) is 15.2. The SMILES string of the molecule is CC(C)(C)OC(=O)CCC(NC(=O)NCCCCC(NC(=O)OCc1ccccc1)C(=O)OC(C)(C)C)C(=O)OC(C)(C)C. The second-order valence-corrected chi connectivity index (χ2v) is 13.4. The fourth-order valence-electron chi connectivity index (χ4n) is 3.69. The van der Waals surface area contributed by atoms with Crippen LogP contribution in [0.4, 0.5) is 9.59 Å². The predicted molar refractivity (Wildman–Crippen MR) is 164 cm³/mol. The average Bonchev–Trinajstić information content (AvgIpc) is 2.86. The minimum absolute atomic E-state index is 0.000850. The van der Waals surface area contributed by atoms with Crippen LogP contribution in [0.2, 0.25) is 0 Å². The van der Waals surface area contributed by atoms with E-state index in [0.29, 0.717) is 12.8 Å². The van der Waals surface area contributed by atoms with Gasteiger partial charge in [0.1, 0.15) is 35.5 Å². The van der Waals surface area contributed by atoms with Gasteiger partial charge in [0.2, 0.25) is 0 Å². The summed E-state index contributed by atoms with van der Waals surface area (Å²) < 4.78 is 21.4. The van der Waals surface area contributed by atoms with E-state index in [0.717, 1.165) is 5.56 Å². The molecule has 1 rings (SSSR count). The number of carbonyl (C=O) groups excluding carboxylic acids is 5. The molecule has 0 spiro atoms. The maximum atomic E-state index is 12.8. The summed E-state index contributed by atoms with van der Waals surface area (Å²) in [7, 11) is 0. The molecule has 0 aliphatic rings. The number of unbranched alkanes of at least 4 members (excludes halogenated alkanes) is 1. The average molecular weight is 622 g/mol. The Morgan fingerprint density at radius 1 is 0.682 bits per heavy atom. The zero-order valence-electron chi connectivity index (χ0n) is 27.7. The van der Waals surface area contributed by atoms with Crippen molar-refractivity contribution in [2.24, 2.45) is 0 Å². The summed E-state index contributed by atoms with van der Waals surface area (Å²) >= 11 is 0. The molecule has 0 saturated heterocycles. The summed E-state index contributed by atoms with van der Waals surface area (Å²) in [6.45, 7) is 15.8. The van der Waals surface area contributed by atoms with Gasteiger partial charge in [0, 0.05) is 13.0 Å². The van der Waals surface area contributed by atoms with Crippen LogP contribution in [0.15, 0.2) is 30.3 Å². The molecule has 44 heavy (non-hydrogen) atoms. The van der Waals surface area contributed by atoms with Crippen LogP contribution in [-0.4, -0.2) is 65.5 Å². The number of urea groups is 1. The molecule has 1 aromatic rings. The van der Waals surface area contributed by atoms with Crippen molar-refractivity contribution in [3.05, 3.63) is 35.9 Å². The zero-order chi connectivity index (χ0) is 33.6. The summed E-state index contributed by atoms with van der Waals surface area (Å²) in [5.74, 6) is -1.75. The van der Waals surface area contributed by atoms with E-state index in [1.54, 1.807) is 62.3 Å². The van der Waals surface area contributed by atoms with Crippen LogP contribution in [0.25, 0.3) is 0 Å². The van der Waals surface area contributed by atoms with E-state index < -0.39 is 58.9 Å². The third kappa shape index (κ3) is 18.7. The largest absolute Gasteiger partial charge is 0.460 e. The summed E-state index contributed by atoms with van der Waals surface area (Å²) in [6.07, 6.45) is 0.325. The highest BCUT2D eigenvalue weighted by Crippen LogP contribution is 2.14. The van der Waals surface area contributed by atoms with Gasteiger partial charge in [-0.2, -0.15) is 0 Å². The van der Waals surface area contributed by atoms with Crippen LogP contribution in [0, 0.1) is 0 Å². The van der Waals surface area contributed by atoms with Crippen molar-refractivity contribution in [1.82, 2.24) is 16.0 Å². The minimum Gasteiger partial charge on any atom is -0.460 e. The summed E-state index contributed by atoms with van der Waals surface area (Å²) in [5.41, 5.74) is -1.41. The first-order valence-electron chi connectivity index (χ1n) is 14.9. The standard InChI is InChI=1S/C32H51N3O9/c1-30(2,3)42-25(36)19-18-24(27(38)44-32(7,8)9)34-28(39)33-20-14-13-17-23(26(37)43-31(4,5)6)35-29(40)41-21-22-15-11-10-12-16-22/h10-12,15-16,23-24H,13-14,17-21H2,1-9H3,(H,35,40)(H2,33,34,39). The molecule has 2 unspecified atom stereocenters. The normalized spacial score (nSPS) is 13.1. The third-order valence-corrected chi connectivity index (χ3v) is 5.46. The van der Waals surface area contributed by atoms with Crippen molar-refractivity contribution in [1.29, 1.82) is 0 Å². The molecule has 0 aliphatic carbocycles. The van der Waals surface area contributed by atoms with Crippen molar-refractivity contribution in [2.45, 2.75) is 130 Å². The zero-order valence-corrected chi connectivity index (χ0v) is 27.7. The molecule has 0 heterocycles. The van der Waals surface area contributed by atoms with Gasteiger partial charge in [0.05, 0.1) is 0 Å². The maximum Gasteiger partial charge on any atom is 0.408 e. The van der Waals surface area contributed by atoms with Gasteiger partial charge in [-0.3, -0.25) is 4.79 Å². The van der Waals surface area contributed by atoms with Crippen molar-refractivity contribution in [3.63, 3.8) is 0 Å². The van der Waals surface area contributed by atoms with E-state index in [4.69, 9.17) is 18.9 Å². The van der Waals surface area contributed by atoms with Crippen molar-refractivity contribution >= 4 is 30.0 Å². The number of nitrogens with one attached hydrogen (secondary N) is 3. The second-order valence-electron chi connectivity index (χ2n) is 13.4. The molecule has 0 aromatic heterocycles. The van der Waals surface area contributed by atoms with Crippen LogP contribution in [0.3, 0.4) is 0 Å². The molecule has 0 fully saturated rings. The molecule has 2 atom stereocenters. The number of hydrogen-bond acceptors (Lipinski definition) is 9. The smallest absolute Gasteiger partial charge is 0.408 e. The van der Waals surface area contributed by atoms with Crippen molar-refractivity contribution < 1.29 is 42.9 Å². The van der Waals surface area contributed by atoms with E-state index in [1.165, 1.54) is 0 Å². The summed E-state index contributed by atoms with van der Waals surface area (Å²) in [5, 5.41) is 7.83. The molecule has 0 radical (unpaired) electrons. The first-order valence-corrected chi connectivity index (χ1v) is 14.9. The molecular formula is C32H51N3O9. The summed E-state index contributed by atoms with van der Waals surface area (Å²) in [6, 6.07) is 6.52. The number of carbonyl (C=O) groups is 5. The van der Waals surface area contributed by atoms with Gasteiger partial charge < -0.3 is 34.9 Å². The Hall–Kier alpha value is -3.83. The van der Waals surface area contributed by atoms with E-state index >= 15 is 0 Å². The Morgan fingerprint density at radius 3 is 1.73 bits per heavy atom. The van der Waals surface area contributed by atoms with Gasteiger partial charge >= 0.3 is 30.0 Å². The lowest BCUT2D eigenvalue weighted by atomic mass is 10.1. The maximum absolute atomic E-state index is 12.8. The lowest BCUT2D eigenvalue weighted by Crippen LogP contribution is -2.48. The van der Waals surface area contributed by atoms with E-state index in [9.17, 15) is 24.0 Å². The van der Waals surface area contributed by atoms with Crippen LogP contribution in [0.5, 0.6) is 0 Å². The van der Waals surface area contributed by atoms with Gasteiger partial charge in [0.15, 0.2) is 0 Å². The molecule has 0 aliphatic heterocycles. The lowest BCUT2D eigenvalue weighted by molar-refractivity contribution is -0.159.